The fraction of sp³-hybridized carbons (Fsp3) is 0.647. The molecular weight excluding hydrogens is 250 g/mol. The number of hydrogen-bond donors (Lipinski definition) is 1. The molecule has 1 fully saturated rings. The Morgan fingerprint density at radius 1 is 1.40 bits per heavy atom. The monoisotopic (exact) mass is 277 g/mol. The van der Waals surface area contributed by atoms with Crippen molar-refractivity contribution in [3.63, 3.8) is 0 Å². The van der Waals surface area contributed by atoms with Gasteiger partial charge in [-0.1, -0.05) is 18.1 Å². The quantitative estimate of drug-likeness (QED) is 0.896. The van der Waals surface area contributed by atoms with E-state index in [0.29, 0.717) is 19.2 Å². The maximum Gasteiger partial charge on any atom is 0.125 e. The predicted octanol–water partition coefficient (Wildman–Crippen LogP) is 3.30. The van der Waals surface area contributed by atoms with Gasteiger partial charge >= 0.3 is 0 Å². The maximum atomic E-state index is 10.6. The number of aryl methyl sites for hydroxylation is 1. The lowest BCUT2D eigenvalue weighted by Gasteiger charge is -2.35. The molecule has 2 rings (SSSR count). The van der Waals surface area contributed by atoms with Crippen molar-refractivity contribution < 1.29 is 9.84 Å². The minimum absolute atomic E-state index is 0.475. The van der Waals surface area contributed by atoms with E-state index in [0.717, 1.165) is 23.4 Å². The van der Waals surface area contributed by atoms with E-state index in [9.17, 15) is 5.11 Å². The number of ether oxygens (including phenoxy) is 1. The average Bonchev–Trinajstić information content (AvgIpc) is 2.43. The van der Waals surface area contributed by atoms with Gasteiger partial charge in [0.2, 0.25) is 0 Å². The summed E-state index contributed by atoms with van der Waals surface area (Å²) in [6, 6.07) is 6.62. The van der Waals surface area contributed by atoms with Gasteiger partial charge < -0.3 is 9.84 Å². The lowest BCUT2D eigenvalue weighted by molar-refractivity contribution is 0.0715. The smallest absolute Gasteiger partial charge is 0.125 e. The highest BCUT2D eigenvalue weighted by Gasteiger charge is 2.23. The van der Waals surface area contributed by atoms with Gasteiger partial charge in [0.05, 0.1) is 12.7 Å². The Labute approximate surface area is 122 Å². The van der Waals surface area contributed by atoms with Crippen molar-refractivity contribution in [1.29, 1.82) is 0 Å². The number of rotatable bonds is 5. The van der Waals surface area contributed by atoms with Crippen LogP contribution in [0.5, 0.6) is 5.75 Å². The van der Waals surface area contributed by atoms with E-state index in [4.69, 9.17) is 4.74 Å². The summed E-state index contributed by atoms with van der Waals surface area (Å²) in [6.07, 6.45) is 3.31. The Bertz CT molecular complexity index is 433. The molecule has 1 aliphatic rings. The molecule has 1 aliphatic heterocycles. The Hall–Kier alpha value is -1.06. The second-order valence-electron chi connectivity index (χ2n) is 5.83. The lowest BCUT2D eigenvalue weighted by atomic mass is 10.0. The highest BCUT2D eigenvalue weighted by molar-refractivity contribution is 5.38. The molecule has 0 saturated carbocycles. The summed E-state index contributed by atoms with van der Waals surface area (Å²) in [4.78, 5) is 2.40. The van der Waals surface area contributed by atoms with E-state index in [2.05, 4.69) is 18.7 Å². The van der Waals surface area contributed by atoms with Crippen LogP contribution < -0.4 is 4.74 Å². The van der Waals surface area contributed by atoms with Crippen LogP contribution in [0.25, 0.3) is 0 Å². The molecule has 1 aromatic rings. The minimum Gasteiger partial charge on any atom is -0.493 e. The first-order chi connectivity index (χ1) is 9.61. The van der Waals surface area contributed by atoms with Crippen LogP contribution >= 0.6 is 0 Å². The van der Waals surface area contributed by atoms with Crippen molar-refractivity contribution in [2.24, 2.45) is 0 Å². The van der Waals surface area contributed by atoms with E-state index < -0.39 is 6.10 Å². The van der Waals surface area contributed by atoms with Gasteiger partial charge in [-0.2, -0.15) is 0 Å². The number of β-amino-alcohol motifs (C(OH)–C–C–N with tert-alkyl or cyclic N) is 1. The van der Waals surface area contributed by atoms with Crippen LogP contribution in [0, 0.1) is 6.92 Å². The zero-order chi connectivity index (χ0) is 14.5. The average molecular weight is 277 g/mol. The topological polar surface area (TPSA) is 32.7 Å². The number of likely N-dealkylation sites (tertiary alicyclic amines) is 1. The van der Waals surface area contributed by atoms with E-state index >= 15 is 0 Å². The Morgan fingerprint density at radius 2 is 2.20 bits per heavy atom. The number of nitrogens with zero attached hydrogens (tertiary/aromatic N) is 1. The van der Waals surface area contributed by atoms with Crippen molar-refractivity contribution in [3.8, 4) is 5.75 Å². The van der Waals surface area contributed by atoms with Gasteiger partial charge in [0.15, 0.2) is 0 Å². The SMILES string of the molecule is CCOc1ccc(C)cc1C(O)CN1CCCCC1C. The zero-order valence-corrected chi connectivity index (χ0v) is 12.9. The first-order valence-corrected chi connectivity index (χ1v) is 7.77. The van der Waals surface area contributed by atoms with Crippen LogP contribution in [0.1, 0.15) is 50.3 Å². The van der Waals surface area contributed by atoms with Crippen molar-refractivity contribution in [2.45, 2.75) is 52.2 Å². The van der Waals surface area contributed by atoms with Gasteiger partial charge in [-0.15, -0.1) is 0 Å². The molecule has 1 aromatic carbocycles. The summed E-state index contributed by atoms with van der Waals surface area (Å²) in [6.45, 7) is 8.70. The Balaban J connectivity index is 2.11. The Kier molecular flexibility index (Phi) is 5.44. The highest BCUT2D eigenvalue weighted by Crippen LogP contribution is 2.29. The number of aliphatic hydroxyl groups excluding tert-OH is 1. The molecule has 2 atom stereocenters. The molecule has 3 nitrogen and oxygen atoms in total. The minimum atomic E-state index is -0.475. The van der Waals surface area contributed by atoms with Crippen LogP contribution in [0.15, 0.2) is 18.2 Å². The molecule has 0 amide bonds. The van der Waals surface area contributed by atoms with Gasteiger partial charge in [0, 0.05) is 18.2 Å². The molecule has 20 heavy (non-hydrogen) atoms. The molecule has 112 valence electrons. The van der Waals surface area contributed by atoms with Gasteiger partial charge in [-0.05, 0) is 52.3 Å². The van der Waals surface area contributed by atoms with Crippen LogP contribution in [0.4, 0.5) is 0 Å². The van der Waals surface area contributed by atoms with E-state index in [-0.39, 0.29) is 0 Å². The molecule has 0 bridgehead atoms. The summed E-state index contributed by atoms with van der Waals surface area (Å²) >= 11 is 0. The van der Waals surface area contributed by atoms with Crippen LogP contribution in [-0.4, -0.2) is 35.7 Å². The molecule has 0 aliphatic carbocycles. The predicted molar refractivity (Wildman–Crippen MR) is 82.2 cm³/mol. The summed E-state index contributed by atoms with van der Waals surface area (Å²) in [5, 5.41) is 10.6. The molecule has 2 unspecified atom stereocenters. The van der Waals surface area contributed by atoms with Gasteiger partial charge in [0.25, 0.3) is 0 Å². The number of benzene rings is 1. The normalized spacial score (nSPS) is 21.7. The van der Waals surface area contributed by atoms with Crippen molar-refractivity contribution >= 4 is 0 Å². The van der Waals surface area contributed by atoms with Crippen molar-refractivity contribution in [1.82, 2.24) is 4.90 Å². The first-order valence-electron chi connectivity index (χ1n) is 7.77. The van der Waals surface area contributed by atoms with Crippen molar-refractivity contribution in [2.75, 3.05) is 19.7 Å². The van der Waals surface area contributed by atoms with E-state index in [1.165, 1.54) is 19.3 Å². The highest BCUT2D eigenvalue weighted by atomic mass is 16.5. The molecule has 1 heterocycles. The first kappa shape index (κ1) is 15.3. The van der Waals surface area contributed by atoms with E-state index in [1.54, 1.807) is 0 Å². The number of hydrogen-bond acceptors (Lipinski definition) is 3. The molecule has 1 N–H and O–H groups in total. The van der Waals surface area contributed by atoms with Gasteiger partial charge in [-0.3, -0.25) is 4.90 Å². The third kappa shape index (κ3) is 3.74. The lowest BCUT2D eigenvalue weighted by Crippen LogP contribution is -2.40. The number of piperidine rings is 1. The van der Waals surface area contributed by atoms with Gasteiger partial charge in [-0.25, -0.2) is 0 Å². The molecule has 1 saturated heterocycles. The third-order valence-corrected chi connectivity index (χ3v) is 4.17. The molecular formula is C17H27NO2. The van der Waals surface area contributed by atoms with Crippen LogP contribution in [-0.2, 0) is 0 Å². The fourth-order valence-corrected chi connectivity index (χ4v) is 2.96. The van der Waals surface area contributed by atoms with Gasteiger partial charge in [0.1, 0.15) is 5.75 Å². The molecule has 0 aromatic heterocycles. The summed E-state index contributed by atoms with van der Waals surface area (Å²) < 4.78 is 5.65. The maximum absolute atomic E-state index is 10.6. The largest absolute Gasteiger partial charge is 0.493 e. The fourth-order valence-electron chi connectivity index (χ4n) is 2.96. The standard InChI is InChI=1S/C17H27NO2/c1-4-20-17-9-8-13(2)11-15(17)16(19)12-18-10-6-5-7-14(18)3/h8-9,11,14,16,19H,4-7,10,12H2,1-3H3. The molecule has 0 spiro atoms. The third-order valence-electron chi connectivity index (χ3n) is 4.17. The second-order valence-corrected chi connectivity index (χ2v) is 5.83. The molecule has 0 radical (unpaired) electrons. The van der Waals surface area contributed by atoms with Crippen LogP contribution in [0.3, 0.4) is 0 Å². The summed E-state index contributed by atoms with van der Waals surface area (Å²) in [5.41, 5.74) is 2.08. The second kappa shape index (κ2) is 7.09. The van der Waals surface area contributed by atoms with Crippen molar-refractivity contribution in [3.05, 3.63) is 29.3 Å². The Morgan fingerprint density at radius 3 is 2.90 bits per heavy atom. The number of aliphatic hydroxyl groups is 1. The van der Waals surface area contributed by atoms with E-state index in [1.807, 2.05) is 25.1 Å². The zero-order valence-electron chi connectivity index (χ0n) is 12.9. The van der Waals surface area contributed by atoms with Crippen LogP contribution in [0.2, 0.25) is 0 Å². The summed E-state index contributed by atoms with van der Waals surface area (Å²) in [7, 11) is 0. The molecule has 3 heteroatoms. The summed E-state index contributed by atoms with van der Waals surface area (Å²) in [5.74, 6) is 0.815.